The quantitative estimate of drug-likeness (QED) is 0.861. The van der Waals surface area contributed by atoms with Crippen LogP contribution in [0.2, 0.25) is 0 Å². The van der Waals surface area contributed by atoms with E-state index in [-0.39, 0.29) is 0 Å². The number of nitrogens with zero attached hydrogens (tertiary/aromatic N) is 1. The Kier molecular flexibility index (Phi) is 3.29. The summed E-state index contributed by atoms with van der Waals surface area (Å²) >= 11 is 3.31. The highest BCUT2D eigenvalue weighted by Gasteiger charge is 2.06. The number of rotatable bonds is 2. The molecule has 2 N–H and O–H groups in total. The van der Waals surface area contributed by atoms with Gasteiger partial charge < -0.3 is 10.5 Å². The van der Waals surface area contributed by atoms with E-state index in [0.717, 1.165) is 15.8 Å². The molecular formula is C9H9BrN2O. The molecule has 13 heavy (non-hydrogen) atoms. The molecule has 1 aromatic carbocycles. The van der Waals surface area contributed by atoms with Gasteiger partial charge in [-0.3, -0.25) is 0 Å². The third-order valence-corrected chi connectivity index (χ3v) is 2.29. The van der Waals surface area contributed by atoms with Crippen LogP contribution in [0.15, 0.2) is 22.7 Å². The Hall–Kier alpha value is -1.05. The van der Waals surface area contributed by atoms with Gasteiger partial charge in [-0.2, -0.15) is 5.26 Å². The van der Waals surface area contributed by atoms with E-state index in [0.29, 0.717) is 0 Å². The first-order valence-electron chi connectivity index (χ1n) is 3.67. The molecular weight excluding hydrogens is 232 g/mol. The summed E-state index contributed by atoms with van der Waals surface area (Å²) in [6, 6.07) is 6.71. The molecule has 0 saturated carbocycles. The Morgan fingerprint density at radius 3 is 2.77 bits per heavy atom. The van der Waals surface area contributed by atoms with Crippen molar-refractivity contribution in [3.05, 3.63) is 28.2 Å². The molecule has 0 bridgehead atoms. The molecule has 0 radical (unpaired) electrons. The van der Waals surface area contributed by atoms with E-state index >= 15 is 0 Å². The lowest BCUT2D eigenvalue weighted by molar-refractivity contribution is 0.412. The Labute approximate surface area is 85.2 Å². The van der Waals surface area contributed by atoms with E-state index < -0.39 is 6.04 Å². The Bertz CT molecular complexity index is 346. The molecule has 1 atom stereocenters. The molecule has 0 spiro atoms. The largest absolute Gasteiger partial charge is 0.496 e. The van der Waals surface area contributed by atoms with Crippen molar-refractivity contribution >= 4 is 15.9 Å². The summed E-state index contributed by atoms with van der Waals surface area (Å²) in [7, 11) is 1.59. The van der Waals surface area contributed by atoms with Crippen LogP contribution in [0, 0.1) is 11.3 Å². The van der Waals surface area contributed by atoms with Crippen LogP contribution in [-0.2, 0) is 0 Å². The third kappa shape index (κ3) is 2.20. The second kappa shape index (κ2) is 4.26. The van der Waals surface area contributed by atoms with Crippen molar-refractivity contribution in [3.63, 3.8) is 0 Å². The topological polar surface area (TPSA) is 59.0 Å². The van der Waals surface area contributed by atoms with E-state index in [1.165, 1.54) is 0 Å². The lowest BCUT2D eigenvalue weighted by Crippen LogP contribution is -2.06. The standard InChI is InChI=1S/C9H9BrN2O/c1-13-9-3-2-6(4-7(9)10)8(12)5-11/h2-4,8H,12H2,1H3. The Morgan fingerprint density at radius 1 is 1.62 bits per heavy atom. The maximum Gasteiger partial charge on any atom is 0.133 e. The van der Waals surface area contributed by atoms with Gasteiger partial charge in [-0.05, 0) is 33.6 Å². The van der Waals surface area contributed by atoms with Gasteiger partial charge in [0.1, 0.15) is 11.8 Å². The highest BCUT2D eigenvalue weighted by molar-refractivity contribution is 9.10. The highest BCUT2D eigenvalue weighted by Crippen LogP contribution is 2.27. The SMILES string of the molecule is COc1ccc(C(N)C#N)cc1Br. The maximum atomic E-state index is 8.58. The Morgan fingerprint density at radius 2 is 2.31 bits per heavy atom. The zero-order chi connectivity index (χ0) is 9.84. The summed E-state index contributed by atoms with van der Waals surface area (Å²) in [5.41, 5.74) is 6.31. The number of halogens is 1. The van der Waals surface area contributed by atoms with Crippen molar-refractivity contribution in [1.82, 2.24) is 0 Å². The molecule has 0 fully saturated rings. The molecule has 0 aliphatic rings. The van der Waals surface area contributed by atoms with Crippen molar-refractivity contribution in [2.24, 2.45) is 5.73 Å². The van der Waals surface area contributed by atoms with Crippen molar-refractivity contribution in [1.29, 1.82) is 5.26 Å². The molecule has 1 aromatic rings. The van der Waals surface area contributed by atoms with E-state index in [9.17, 15) is 0 Å². The monoisotopic (exact) mass is 240 g/mol. The van der Waals surface area contributed by atoms with E-state index in [4.69, 9.17) is 15.7 Å². The van der Waals surface area contributed by atoms with Gasteiger partial charge in [-0.1, -0.05) is 6.07 Å². The smallest absolute Gasteiger partial charge is 0.133 e. The minimum absolute atomic E-state index is 0.581. The molecule has 1 rings (SSSR count). The summed E-state index contributed by atoms with van der Waals surface area (Å²) in [4.78, 5) is 0. The molecule has 0 aliphatic heterocycles. The average molecular weight is 241 g/mol. The first kappa shape index (κ1) is 10.0. The summed E-state index contributed by atoms with van der Waals surface area (Å²) in [5.74, 6) is 0.730. The van der Waals surface area contributed by atoms with Crippen LogP contribution in [0.5, 0.6) is 5.75 Å². The van der Waals surface area contributed by atoms with Gasteiger partial charge in [0.05, 0.1) is 17.7 Å². The molecule has 0 saturated heterocycles. The first-order valence-corrected chi connectivity index (χ1v) is 4.47. The van der Waals surface area contributed by atoms with Crippen LogP contribution in [0.25, 0.3) is 0 Å². The van der Waals surface area contributed by atoms with E-state index in [1.807, 2.05) is 6.07 Å². The Balaban J connectivity index is 3.04. The fraction of sp³-hybridized carbons (Fsp3) is 0.222. The maximum absolute atomic E-state index is 8.58. The van der Waals surface area contributed by atoms with Crippen molar-refractivity contribution < 1.29 is 4.74 Å². The summed E-state index contributed by atoms with van der Waals surface area (Å²) in [6.07, 6.45) is 0. The number of benzene rings is 1. The molecule has 68 valence electrons. The number of nitriles is 1. The molecule has 3 nitrogen and oxygen atoms in total. The zero-order valence-electron chi connectivity index (χ0n) is 7.12. The van der Waals surface area contributed by atoms with Gasteiger partial charge in [0.2, 0.25) is 0 Å². The molecule has 4 heteroatoms. The van der Waals surface area contributed by atoms with Crippen molar-refractivity contribution in [2.75, 3.05) is 7.11 Å². The van der Waals surface area contributed by atoms with Crippen LogP contribution < -0.4 is 10.5 Å². The van der Waals surface area contributed by atoms with Crippen LogP contribution in [-0.4, -0.2) is 7.11 Å². The number of ether oxygens (including phenoxy) is 1. The fourth-order valence-electron chi connectivity index (χ4n) is 0.951. The first-order chi connectivity index (χ1) is 6.19. The van der Waals surface area contributed by atoms with E-state index in [1.54, 1.807) is 25.3 Å². The van der Waals surface area contributed by atoms with Gasteiger partial charge in [-0.15, -0.1) is 0 Å². The molecule has 0 aliphatic carbocycles. The van der Waals surface area contributed by atoms with Gasteiger partial charge in [0.25, 0.3) is 0 Å². The number of hydrogen-bond donors (Lipinski definition) is 1. The van der Waals surface area contributed by atoms with Crippen molar-refractivity contribution in [3.8, 4) is 11.8 Å². The molecule has 0 amide bonds. The predicted octanol–water partition coefficient (Wildman–Crippen LogP) is 1.98. The summed E-state index contributed by atoms with van der Waals surface area (Å²) < 4.78 is 5.85. The third-order valence-electron chi connectivity index (χ3n) is 1.67. The minimum Gasteiger partial charge on any atom is -0.496 e. The van der Waals surface area contributed by atoms with Gasteiger partial charge in [-0.25, -0.2) is 0 Å². The van der Waals surface area contributed by atoms with Crippen LogP contribution in [0.1, 0.15) is 11.6 Å². The van der Waals surface area contributed by atoms with Crippen LogP contribution >= 0.6 is 15.9 Å². The number of nitrogens with two attached hydrogens (primary N) is 1. The normalized spacial score (nSPS) is 11.8. The van der Waals surface area contributed by atoms with Crippen LogP contribution in [0.4, 0.5) is 0 Å². The molecule has 0 aromatic heterocycles. The van der Waals surface area contributed by atoms with Gasteiger partial charge >= 0.3 is 0 Å². The predicted molar refractivity (Wildman–Crippen MR) is 53.2 cm³/mol. The number of methoxy groups -OCH3 is 1. The number of hydrogen-bond acceptors (Lipinski definition) is 3. The molecule has 1 unspecified atom stereocenters. The lowest BCUT2D eigenvalue weighted by atomic mass is 10.1. The van der Waals surface area contributed by atoms with Gasteiger partial charge in [0.15, 0.2) is 0 Å². The highest BCUT2D eigenvalue weighted by atomic mass is 79.9. The summed E-state index contributed by atoms with van der Waals surface area (Å²) in [6.45, 7) is 0. The average Bonchev–Trinajstić information content (AvgIpc) is 2.16. The fourth-order valence-corrected chi connectivity index (χ4v) is 1.51. The van der Waals surface area contributed by atoms with Gasteiger partial charge in [0, 0.05) is 0 Å². The summed E-state index contributed by atoms with van der Waals surface area (Å²) in [5, 5.41) is 8.58. The lowest BCUT2D eigenvalue weighted by Gasteiger charge is -2.06. The van der Waals surface area contributed by atoms with E-state index in [2.05, 4.69) is 15.9 Å². The second-order valence-electron chi connectivity index (χ2n) is 2.50. The minimum atomic E-state index is -0.581. The van der Waals surface area contributed by atoms with Crippen molar-refractivity contribution in [2.45, 2.75) is 6.04 Å². The van der Waals surface area contributed by atoms with Crippen LogP contribution in [0.3, 0.4) is 0 Å². The molecule has 0 heterocycles. The zero-order valence-corrected chi connectivity index (χ0v) is 8.71. The second-order valence-corrected chi connectivity index (χ2v) is 3.36.